The lowest BCUT2D eigenvalue weighted by Crippen LogP contribution is -2.16. The van der Waals surface area contributed by atoms with E-state index in [1.807, 2.05) is 0 Å². The number of ether oxygens (including phenoxy) is 1. The average Bonchev–Trinajstić information content (AvgIpc) is 2.40. The molecule has 0 aromatic heterocycles. The van der Waals surface area contributed by atoms with Crippen molar-refractivity contribution in [2.75, 3.05) is 24.7 Å². The molecule has 0 atom stereocenters. The number of thiol groups is 1. The summed E-state index contributed by atoms with van der Waals surface area (Å²) in [5, 5.41) is 0. The second kappa shape index (κ2) is 5.45. The van der Waals surface area contributed by atoms with Gasteiger partial charge in [-0.05, 0) is 22.3 Å². The average molecular weight is 252 g/mol. The molecule has 0 radical (unpaired) electrons. The van der Waals surface area contributed by atoms with Crippen molar-refractivity contribution in [1.29, 1.82) is 0 Å². The van der Waals surface area contributed by atoms with E-state index in [-0.39, 0.29) is 10.9 Å². The zero-order valence-corrected chi connectivity index (χ0v) is 12.1. The zero-order chi connectivity index (χ0) is 12.3. The summed E-state index contributed by atoms with van der Waals surface area (Å²) in [4.78, 5) is 1.55. The fraction of sp³-hybridized carbons (Fsp3) is 0.600. The molecule has 0 spiro atoms. The first-order valence-corrected chi connectivity index (χ1v) is 8.28. The Bertz CT molecular complexity index is 350. The SMILES string of the molecule is CCC(C)(C)c1ccc([SH]2CCOCC2)cc1. The van der Waals surface area contributed by atoms with Crippen LogP contribution >= 0.6 is 10.9 Å². The van der Waals surface area contributed by atoms with Gasteiger partial charge in [-0.15, -0.1) is 0 Å². The van der Waals surface area contributed by atoms with Crippen LogP contribution in [0.2, 0.25) is 0 Å². The van der Waals surface area contributed by atoms with Crippen molar-refractivity contribution >= 4 is 10.9 Å². The van der Waals surface area contributed by atoms with Crippen molar-refractivity contribution in [3.05, 3.63) is 29.8 Å². The highest BCUT2D eigenvalue weighted by Gasteiger charge is 2.18. The third kappa shape index (κ3) is 3.05. The summed E-state index contributed by atoms with van der Waals surface area (Å²) in [5.41, 5.74) is 1.77. The molecule has 0 unspecified atom stereocenters. The van der Waals surface area contributed by atoms with Crippen LogP contribution < -0.4 is 0 Å². The second-order valence-electron chi connectivity index (χ2n) is 5.38. The Balaban J connectivity index is 2.12. The topological polar surface area (TPSA) is 9.23 Å². The van der Waals surface area contributed by atoms with Gasteiger partial charge in [0.15, 0.2) is 0 Å². The summed E-state index contributed by atoms with van der Waals surface area (Å²) in [6, 6.07) is 9.36. The van der Waals surface area contributed by atoms with Crippen LogP contribution in [0.15, 0.2) is 29.2 Å². The molecule has 0 aliphatic carbocycles. The number of rotatable bonds is 3. The zero-order valence-electron chi connectivity index (χ0n) is 11.2. The van der Waals surface area contributed by atoms with Gasteiger partial charge in [0, 0.05) is 11.5 Å². The lowest BCUT2D eigenvalue weighted by Gasteiger charge is -2.28. The summed E-state index contributed by atoms with van der Waals surface area (Å²) in [5.74, 6) is 2.48. The van der Waals surface area contributed by atoms with Gasteiger partial charge in [0.2, 0.25) is 0 Å². The van der Waals surface area contributed by atoms with Gasteiger partial charge in [-0.1, -0.05) is 45.0 Å². The molecule has 1 nitrogen and oxygen atoms in total. The van der Waals surface area contributed by atoms with Gasteiger partial charge in [0.05, 0.1) is 13.2 Å². The van der Waals surface area contributed by atoms with E-state index in [4.69, 9.17) is 4.74 Å². The van der Waals surface area contributed by atoms with Crippen LogP contribution in [0.4, 0.5) is 0 Å². The minimum absolute atomic E-state index is 0.0556. The van der Waals surface area contributed by atoms with Crippen LogP contribution in [0.3, 0.4) is 0 Å². The lowest BCUT2D eigenvalue weighted by atomic mass is 9.82. The highest BCUT2D eigenvalue weighted by Crippen LogP contribution is 2.38. The Kier molecular flexibility index (Phi) is 4.16. The fourth-order valence-corrected chi connectivity index (χ4v) is 4.16. The Morgan fingerprint density at radius 2 is 1.71 bits per heavy atom. The van der Waals surface area contributed by atoms with E-state index < -0.39 is 0 Å². The molecule has 0 N–H and O–H groups in total. The van der Waals surface area contributed by atoms with Crippen molar-refractivity contribution < 1.29 is 4.74 Å². The first-order chi connectivity index (χ1) is 8.13. The van der Waals surface area contributed by atoms with E-state index in [1.165, 1.54) is 23.5 Å². The summed E-state index contributed by atoms with van der Waals surface area (Å²) >= 11 is 0. The van der Waals surface area contributed by atoms with Crippen molar-refractivity contribution in [2.45, 2.75) is 37.5 Å². The Labute approximate surface area is 108 Å². The normalized spacial score (nSPS) is 19.4. The smallest absolute Gasteiger partial charge is 0.0543 e. The molecular formula is C15H24OS. The van der Waals surface area contributed by atoms with Crippen molar-refractivity contribution in [3.8, 4) is 0 Å². The van der Waals surface area contributed by atoms with E-state index in [2.05, 4.69) is 45.0 Å². The van der Waals surface area contributed by atoms with Gasteiger partial charge in [-0.3, -0.25) is 0 Å². The maximum Gasteiger partial charge on any atom is 0.0543 e. The number of hydrogen-bond donors (Lipinski definition) is 1. The molecule has 1 fully saturated rings. The van der Waals surface area contributed by atoms with E-state index in [9.17, 15) is 0 Å². The van der Waals surface area contributed by atoms with Gasteiger partial charge >= 0.3 is 0 Å². The third-order valence-electron chi connectivity index (χ3n) is 3.91. The van der Waals surface area contributed by atoms with Gasteiger partial charge in [0.1, 0.15) is 0 Å². The Morgan fingerprint density at radius 1 is 1.12 bits per heavy atom. The maximum absolute atomic E-state index is 5.43. The van der Waals surface area contributed by atoms with Crippen molar-refractivity contribution in [3.63, 3.8) is 0 Å². The molecule has 1 aliphatic heterocycles. The molecule has 0 amide bonds. The lowest BCUT2D eigenvalue weighted by molar-refractivity contribution is 0.160. The molecular weight excluding hydrogens is 228 g/mol. The summed E-state index contributed by atoms with van der Waals surface area (Å²) < 4.78 is 5.43. The Hall–Kier alpha value is -0.470. The Morgan fingerprint density at radius 3 is 2.24 bits per heavy atom. The molecule has 1 aliphatic rings. The van der Waals surface area contributed by atoms with E-state index in [0.717, 1.165) is 13.2 Å². The minimum atomic E-state index is 0.0556. The second-order valence-corrected chi connectivity index (χ2v) is 7.87. The molecule has 0 saturated carbocycles. The van der Waals surface area contributed by atoms with Crippen molar-refractivity contribution in [2.24, 2.45) is 0 Å². The monoisotopic (exact) mass is 252 g/mol. The maximum atomic E-state index is 5.43. The third-order valence-corrected chi connectivity index (χ3v) is 6.38. The first kappa shape index (κ1) is 13.0. The van der Waals surface area contributed by atoms with Gasteiger partial charge in [-0.25, -0.2) is 10.9 Å². The molecule has 2 rings (SSSR count). The molecule has 1 aromatic rings. The fourth-order valence-electron chi connectivity index (χ4n) is 2.15. The van der Waals surface area contributed by atoms with Crippen LogP contribution in [-0.2, 0) is 10.2 Å². The predicted octanol–water partition coefficient (Wildman–Crippen LogP) is 3.76. The molecule has 2 heteroatoms. The van der Waals surface area contributed by atoms with Gasteiger partial charge in [0.25, 0.3) is 0 Å². The first-order valence-electron chi connectivity index (χ1n) is 6.57. The molecule has 1 aromatic carbocycles. The number of benzene rings is 1. The molecule has 0 bridgehead atoms. The van der Waals surface area contributed by atoms with E-state index in [0.29, 0.717) is 5.41 Å². The van der Waals surface area contributed by atoms with Crippen LogP contribution in [0.1, 0.15) is 32.8 Å². The summed E-state index contributed by atoms with van der Waals surface area (Å²) in [6.07, 6.45) is 1.19. The standard InChI is InChI=1S/C15H24OS/c1-4-15(2,3)13-5-7-14(8-6-13)17-11-9-16-10-12-17/h5-8,17H,4,9-12H2,1-3H3. The van der Waals surface area contributed by atoms with Crippen LogP contribution in [-0.4, -0.2) is 24.7 Å². The van der Waals surface area contributed by atoms with Crippen LogP contribution in [0.25, 0.3) is 0 Å². The van der Waals surface area contributed by atoms with Crippen molar-refractivity contribution in [1.82, 2.24) is 0 Å². The summed E-state index contributed by atoms with van der Waals surface area (Å²) in [7, 11) is 0.0556. The van der Waals surface area contributed by atoms with Gasteiger partial charge < -0.3 is 4.74 Å². The molecule has 1 heterocycles. The number of hydrogen-bond acceptors (Lipinski definition) is 1. The molecule has 1 saturated heterocycles. The largest absolute Gasteiger partial charge is 0.380 e. The summed E-state index contributed by atoms with van der Waals surface area (Å²) in [6.45, 7) is 8.81. The van der Waals surface area contributed by atoms with E-state index >= 15 is 0 Å². The molecule has 17 heavy (non-hydrogen) atoms. The van der Waals surface area contributed by atoms with Crippen LogP contribution in [0, 0.1) is 0 Å². The van der Waals surface area contributed by atoms with Crippen LogP contribution in [0.5, 0.6) is 0 Å². The van der Waals surface area contributed by atoms with Gasteiger partial charge in [-0.2, -0.15) is 0 Å². The highest BCUT2D eigenvalue weighted by molar-refractivity contribution is 8.17. The molecule has 96 valence electrons. The quantitative estimate of drug-likeness (QED) is 0.806. The minimum Gasteiger partial charge on any atom is -0.380 e. The highest BCUT2D eigenvalue weighted by atomic mass is 32.2. The predicted molar refractivity (Wildman–Crippen MR) is 77.6 cm³/mol. The van der Waals surface area contributed by atoms with E-state index in [1.54, 1.807) is 4.90 Å².